The van der Waals surface area contributed by atoms with Crippen molar-refractivity contribution in [3.05, 3.63) is 0 Å². The zero-order chi connectivity index (χ0) is 27.4. The summed E-state index contributed by atoms with van der Waals surface area (Å²) in [5.74, 6) is 0. The van der Waals surface area contributed by atoms with Gasteiger partial charge in [0, 0.05) is 12.6 Å². The lowest BCUT2D eigenvalue weighted by atomic mass is 9.83. The molecule has 2 heterocycles. The number of carbonyl (C=O) groups excluding carboxylic acids is 2. The molecule has 0 spiro atoms. The zero-order valence-corrected chi connectivity index (χ0v) is 19.7. The first kappa shape index (κ1) is 30.0. The molecule has 3 fully saturated rings. The van der Waals surface area contributed by atoms with Crippen LogP contribution in [0.1, 0.15) is 6.42 Å². The standard InChI is InChI=1S/C20H36N4O13/c21-6-1-7(24-5-27)18(37-20-15(32)14(31)12(29)8(34-20)2-23-4-26)16(33)17(6)36-19-13(30)10(22)11(28)9(3-25)35-19/h4-20,25,28-33H,1-3,21-22H2,(H,23,26)(H,24,27)/t6-,7+,8-,9-,10+,11-,12-,13-,14+,15-,16-,17+,18-,19-,20-/m1/s1. The average molecular weight is 541 g/mol. The molecule has 1 saturated carbocycles. The minimum absolute atomic E-state index is 0.0316. The lowest BCUT2D eigenvalue weighted by Crippen LogP contribution is -2.69. The average Bonchev–Trinajstić information content (AvgIpc) is 2.88. The summed E-state index contributed by atoms with van der Waals surface area (Å²) in [7, 11) is 0. The summed E-state index contributed by atoms with van der Waals surface area (Å²) in [6.45, 7) is -0.869. The first-order valence-electron chi connectivity index (χ1n) is 11.7. The van der Waals surface area contributed by atoms with E-state index in [1.165, 1.54) is 0 Å². The van der Waals surface area contributed by atoms with Crippen molar-refractivity contribution in [2.75, 3.05) is 13.2 Å². The van der Waals surface area contributed by atoms with Gasteiger partial charge in [0.15, 0.2) is 12.6 Å². The highest BCUT2D eigenvalue weighted by Gasteiger charge is 2.52. The number of hydrogen-bond donors (Lipinski definition) is 11. The Morgan fingerprint density at radius 1 is 0.784 bits per heavy atom. The second-order valence-corrected chi connectivity index (χ2v) is 9.31. The predicted octanol–water partition coefficient (Wildman–Crippen LogP) is -7.72. The van der Waals surface area contributed by atoms with Crippen LogP contribution < -0.4 is 22.1 Å². The van der Waals surface area contributed by atoms with Crippen LogP contribution in [0.25, 0.3) is 0 Å². The maximum atomic E-state index is 11.2. The summed E-state index contributed by atoms with van der Waals surface area (Å²) in [6.07, 6.45) is -17.2. The Morgan fingerprint density at radius 3 is 2.03 bits per heavy atom. The van der Waals surface area contributed by atoms with Crippen LogP contribution in [-0.4, -0.2) is 153 Å². The zero-order valence-electron chi connectivity index (χ0n) is 19.7. The molecule has 0 aromatic heterocycles. The van der Waals surface area contributed by atoms with Crippen molar-refractivity contribution >= 4 is 12.8 Å². The topological polar surface area (TPSA) is 289 Å². The Morgan fingerprint density at radius 2 is 1.41 bits per heavy atom. The molecule has 0 aromatic rings. The number of amides is 2. The van der Waals surface area contributed by atoms with Gasteiger partial charge in [0.2, 0.25) is 12.8 Å². The molecule has 13 N–H and O–H groups in total. The van der Waals surface area contributed by atoms with Crippen LogP contribution in [0.5, 0.6) is 0 Å². The first-order valence-corrected chi connectivity index (χ1v) is 11.7. The first-order chi connectivity index (χ1) is 17.5. The molecule has 214 valence electrons. The molecule has 3 rings (SSSR count). The number of carbonyl (C=O) groups is 2. The third-order valence-corrected chi connectivity index (χ3v) is 6.89. The number of hydrogen-bond acceptors (Lipinski definition) is 15. The summed E-state index contributed by atoms with van der Waals surface area (Å²) in [5.41, 5.74) is 12.0. The van der Waals surface area contributed by atoms with E-state index in [4.69, 9.17) is 30.4 Å². The quantitative estimate of drug-likeness (QED) is 0.115. The second kappa shape index (κ2) is 13.0. The number of nitrogens with two attached hydrogens (primary N) is 2. The minimum atomic E-state index is -1.78. The Hall–Kier alpha value is -1.58. The highest BCUT2D eigenvalue weighted by atomic mass is 16.7. The smallest absolute Gasteiger partial charge is 0.207 e. The van der Waals surface area contributed by atoms with Gasteiger partial charge in [-0.25, -0.2) is 0 Å². The van der Waals surface area contributed by atoms with Crippen molar-refractivity contribution < 1.29 is 64.3 Å². The van der Waals surface area contributed by atoms with E-state index < -0.39 is 98.4 Å². The molecule has 2 amide bonds. The number of aliphatic hydroxyl groups excluding tert-OH is 7. The van der Waals surface area contributed by atoms with Crippen LogP contribution in [-0.2, 0) is 28.5 Å². The van der Waals surface area contributed by atoms with E-state index in [-0.39, 0.29) is 13.0 Å². The Labute approximate surface area is 211 Å². The van der Waals surface area contributed by atoms with E-state index in [9.17, 15) is 45.3 Å². The summed E-state index contributed by atoms with van der Waals surface area (Å²) in [4.78, 5) is 21.8. The van der Waals surface area contributed by atoms with E-state index in [2.05, 4.69) is 10.6 Å². The van der Waals surface area contributed by atoms with E-state index in [1.54, 1.807) is 0 Å². The molecule has 0 radical (unpaired) electrons. The number of nitrogens with one attached hydrogen (secondary N) is 2. The van der Waals surface area contributed by atoms with Gasteiger partial charge in [-0.05, 0) is 6.42 Å². The van der Waals surface area contributed by atoms with Gasteiger partial charge in [0.1, 0.15) is 61.0 Å². The maximum absolute atomic E-state index is 11.2. The highest BCUT2D eigenvalue weighted by Crippen LogP contribution is 2.31. The van der Waals surface area contributed by atoms with Gasteiger partial charge in [-0.1, -0.05) is 0 Å². The molecule has 17 heteroatoms. The number of rotatable bonds is 10. The fourth-order valence-electron chi connectivity index (χ4n) is 4.75. The molecule has 37 heavy (non-hydrogen) atoms. The second-order valence-electron chi connectivity index (χ2n) is 9.31. The molecule has 17 nitrogen and oxygen atoms in total. The van der Waals surface area contributed by atoms with Gasteiger partial charge in [0.05, 0.1) is 18.7 Å². The Bertz CT molecular complexity index is 753. The summed E-state index contributed by atoms with van der Waals surface area (Å²) in [5, 5.41) is 76.5. The van der Waals surface area contributed by atoms with Crippen molar-refractivity contribution in [3.63, 3.8) is 0 Å². The molecule has 0 unspecified atom stereocenters. The van der Waals surface area contributed by atoms with Crippen LogP contribution in [0.15, 0.2) is 0 Å². The number of ether oxygens (including phenoxy) is 4. The Kier molecular flexibility index (Phi) is 10.5. The van der Waals surface area contributed by atoms with E-state index in [1.807, 2.05) is 0 Å². The van der Waals surface area contributed by atoms with Gasteiger partial charge in [0.25, 0.3) is 0 Å². The van der Waals surface area contributed by atoms with Gasteiger partial charge < -0.3 is 76.8 Å². The number of aliphatic hydroxyl groups is 7. The van der Waals surface area contributed by atoms with Crippen LogP contribution in [0.3, 0.4) is 0 Å². The predicted molar refractivity (Wildman–Crippen MR) is 118 cm³/mol. The molecule has 0 bridgehead atoms. The third-order valence-electron chi connectivity index (χ3n) is 6.89. The molecule has 2 aliphatic heterocycles. The molecule has 3 aliphatic rings. The molecule has 1 aliphatic carbocycles. The van der Waals surface area contributed by atoms with E-state index >= 15 is 0 Å². The molecule has 0 aromatic carbocycles. The van der Waals surface area contributed by atoms with Crippen molar-refractivity contribution in [1.29, 1.82) is 0 Å². The molecule has 2 saturated heterocycles. The fraction of sp³-hybridized carbons (Fsp3) is 0.900. The summed E-state index contributed by atoms with van der Waals surface area (Å²) >= 11 is 0. The van der Waals surface area contributed by atoms with Crippen LogP contribution >= 0.6 is 0 Å². The van der Waals surface area contributed by atoms with Crippen molar-refractivity contribution in [2.24, 2.45) is 11.5 Å². The van der Waals surface area contributed by atoms with E-state index in [0.717, 1.165) is 0 Å². The summed E-state index contributed by atoms with van der Waals surface area (Å²) in [6, 6.07) is -3.13. The third kappa shape index (κ3) is 6.36. The van der Waals surface area contributed by atoms with Gasteiger partial charge >= 0.3 is 0 Å². The molecular weight excluding hydrogens is 504 g/mol. The monoisotopic (exact) mass is 540 g/mol. The Balaban J connectivity index is 1.78. The van der Waals surface area contributed by atoms with Crippen LogP contribution in [0.4, 0.5) is 0 Å². The van der Waals surface area contributed by atoms with E-state index in [0.29, 0.717) is 12.8 Å². The van der Waals surface area contributed by atoms with Gasteiger partial charge in [-0.3, -0.25) is 9.59 Å². The normalized spacial score (nSPS) is 48.7. The minimum Gasteiger partial charge on any atom is -0.394 e. The van der Waals surface area contributed by atoms with Crippen LogP contribution in [0, 0.1) is 0 Å². The van der Waals surface area contributed by atoms with Crippen molar-refractivity contribution in [1.82, 2.24) is 10.6 Å². The summed E-state index contributed by atoms with van der Waals surface area (Å²) < 4.78 is 22.4. The highest BCUT2D eigenvalue weighted by molar-refractivity contribution is 5.47. The fourth-order valence-corrected chi connectivity index (χ4v) is 4.75. The lowest BCUT2D eigenvalue weighted by molar-refractivity contribution is -0.333. The maximum Gasteiger partial charge on any atom is 0.207 e. The van der Waals surface area contributed by atoms with Gasteiger partial charge in [-0.15, -0.1) is 0 Å². The van der Waals surface area contributed by atoms with Crippen molar-refractivity contribution in [2.45, 2.75) is 98.2 Å². The van der Waals surface area contributed by atoms with Crippen LogP contribution in [0.2, 0.25) is 0 Å². The SMILES string of the molecule is N[C@@H]1[C@@H](O)[C@@H](O[C@@H]2[C@@H](O)[C@H](O[C@H]3O[C@H](CNC=O)[C@@H](O)[C@H](O)[C@H]3O)[C@@H](NC=O)C[C@H]2N)O[C@H](CO)[C@H]1O. The van der Waals surface area contributed by atoms with Crippen molar-refractivity contribution in [3.8, 4) is 0 Å². The lowest BCUT2D eigenvalue weighted by Gasteiger charge is -2.48. The molecular formula is C20H36N4O13. The van der Waals surface area contributed by atoms with Gasteiger partial charge in [-0.2, -0.15) is 0 Å². The molecule has 15 atom stereocenters. The largest absolute Gasteiger partial charge is 0.394 e.